The minimum atomic E-state index is -0.474. The van der Waals surface area contributed by atoms with E-state index in [0.717, 1.165) is 11.1 Å². The number of nitrogens with zero attached hydrogens (tertiary/aromatic N) is 3. The van der Waals surface area contributed by atoms with E-state index in [1.165, 1.54) is 11.3 Å². The van der Waals surface area contributed by atoms with Gasteiger partial charge in [-0.15, -0.1) is 11.3 Å². The molecule has 4 N–H and O–H groups in total. The second kappa shape index (κ2) is 9.21. The second-order valence-electron chi connectivity index (χ2n) is 6.99. The number of benzene rings is 2. The van der Waals surface area contributed by atoms with Gasteiger partial charge in [-0.1, -0.05) is 35.9 Å². The van der Waals surface area contributed by atoms with E-state index in [2.05, 4.69) is 20.7 Å². The number of aromatic nitrogens is 3. The van der Waals surface area contributed by atoms with Crippen molar-refractivity contribution >= 4 is 46.4 Å². The summed E-state index contributed by atoms with van der Waals surface area (Å²) in [5.74, 6) is -0.00782. The normalized spacial score (nSPS) is 10.7. The van der Waals surface area contributed by atoms with Gasteiger partial charge in [-0.2, -0.15) is 5.10 Å². The van der Waals surface area contributed by atoms with Crippen molar-refractivity contribution in [3.05, 3.63) is 76.3 Å². The van der Waals surface area contributed by atoms with E-state index >= 15 is 0 Å². The molecule has 0 spiro atoms. The summed E-state index contributed by atoms with van der Waals surface area (Å²) in [4.78, 5) is 28.4. The molecule has 0 atom stereocenters. The molecule has 10 heteroatoms. The van der Waals surface area contributed by atoms with Crippen LogP contribution in [0.25, 0.3) is 16.4 Å². The van der Waals surface area contributed by atoms with Gasteiger partial charge in [-0.25, -0.2) is 14.5 Å². The maximum absolute atomic E-state index is 12.7. The van der Waals surface area contributed by atoms with Crippen molar-refractivity contribution in [2.24, 2.45) is 5.73 Å². The predicted octanol–water partition coefficient (Wildman–Crippen LogP) is 4.63. The topological polar surface area (TPSA) is 115 Å². The zero-order chi connectivity index (χ0) is 22.7. The third kappa shape index (κ3) is 4.79. The van der Waals surface area contributed by atoms with E-state index in [-0.39, 0.29) is 6.42 Å². The van der Waals surface area contributed by atoms with Gasteiger partial charge >= 0.3 is 6.03 Å². The smallest absolute Gasteiger partial charge is 0.324 e. The lowest BCUT2D eigenvalue weighted by Gasteiger charge is -2.12. The molecule has 8 nitrogen and oxygen atoms in total. The molecular formula is C22H19ClN6O2S. The summed E-state index contributed by atoms with van der Waals surface area (Å²) in [6.07, 6.45) is 1.79. The van der Waals surface area contributed by atoms with Crippen LogP contribution in [-0.2, 0) is 11.2 Å². The van der Waals surface area contributed by atoms with Crippen molar-refractivity contribution < 1.29 is 9.59 Å². The zero-order valence-corrected chi connectivity index (χ0v) is 18.6. The molecular weight excluding hydrogens is 448 g/mol. The Bertz CT molecular complexity index is 1290. The van der Waals surface area contributed by atoms with Crippen molar-refractivity contribution in [1.29, 1.82) is 0 Å². The third-order valence-electron chi connectivity index (χ3n) is 4.58. The highest BCUT2D eigenvalue weighted by molar-refractivity contribution is 7.13. The van der Waals surface area contributed by atoms with Gasteiger partial charge in [-0.05, 0) is 36.2 Å². The van der Waals surface area contributed by atoms with Crippen LogP contribution in [0, 0.1) is 6.92 Å². The molecule has 4 aromatic rings. The van der Waals surface area contributed by atoms with Crippen LogP contribution in [0.15, 0.2) is 60.1 Å². The largest absolute Gasteiger partial charge is 0.369 e. The van der Waals surface area contributed by atoms with Gasteiger partial charge in [0.15, 0.2) is 0 Å². The number of hydrogen-bond acceptors (Lipinski definition) is 5. The van der Waals surface area contributed by atoms with Crippen molar-refractivity contribution in [2.75, 3.05) is 10.6 Å². The number of halogens is 1. The van der Waals surface area contributed by atoms with Gasteiger partial charge in [0.1, 0.15) is 16.5 Å². The number of carbonyl (C=O) groups excluding carboxylic acids is 2. The Morgan fingerprint density at radius 2 is 1.97 bits per heavy atom. The van der Waals surface area contributed by atoms with Crippen LogP contribution in [0.2, 0.25) is 5.02 Å². The summed E-state index contributed by atoms with van der Waals surface area (Å²) in [5, 5.41) is 13.2. The number of nitrogens with one attached hydrogen (secondary N) is 2. The number of anilines is 2. The molecule has 2 aromatic carbocycles. The molecule has 0 aliphatic heterocycles. The SMILES string of the molecule is Cc1cccc(NC(=O)Nc2cc(-c3nccs3)nn2-c2cccc(CC(N)=O)c2)c1Cl. The minimum absolute atomic E-state index is 0.101. The Morgan fingerprint density at radius 3 is 2.72 bits per heavy atom. The van der Waals surface area contributed by atoms with Gasteiger partial charge in [0.05, 0.1) is 22.8 Å². The van der Waals surface area contributed by atoms with E-state index in [1.807, 2.05) is 30.5 Å². The molecule has 3 amide bonds. The number of primary amides is 1. The molecule has 2 heterocycles. The van der Waals surface area contributed by atoms with E-state index in [9.17, 15) is 9.59 Å². The number of rotatable bonds is 6. The van der Waals surface area contributed by atoms with Crippen LogP contribution in [0.3, 0.4) is 0 Å². The number of urea groups is 1. The molecule has 0 aliphatic carbocycles. The number of amides is 3. The highest BCUT2D eigenvalue weighted by Gasteiger charge is 2.16. The second-order valence-corrected chi connectivity index (χ2v) is 8.26. The fourth-order valence-corrected chi connectivity index (χ4v) is 3.90. The molecule has 0 fully saturated rings. The first-order valence-corrected chi connectivity index (χ1v) is 10.9. The first kappa shape index (κ1) is 21.5. The number of aryl methyl sites for hydroxylation is 1. The van der Waals surface area contributed by atoms with E-state index in [4.69, 9.17) is 17.3 Å². The summed E-state index contributed by atoms with van der Waals surface area (Å²) in [5.41, 5.74) is 8.68. The quantitative estimate of drug-likeness (QED) is 0.384. The monoisotopic (exact) mass is 466 g/mol. The van der Waals surface area contributed by atoms with Crippen LogP contribution < -0.4 is 16.4 Å². The summed E-state index contributed by atoms with van der Waals surface area (Å²) in [6, 6.07) is 13.9. The maximum Gasteiger partial charge on any atom is 0.324 e. The average Bonchev–Trinajstić information content (AvgIpc) is 3.41. The number of thiazole rings is 1. The van der Waals surface area contributed by atoms with Crippen molar-refractivity contribution in [2.45, 2.75) is 13.3 Å². The lowest BCUT2D eigenvalue weighted by Crippen LogP contribution is -2.21. The maximum atomic E-state index is 12.7. The highest BCUT2D eigenvalue weighted by Crippen LogP contribution is 2.28. The van der Waals surface area contributed by atoms with Crippen LogP contribution >= 0.6 is 22.9 Å². The fraction of sp³-hybridized carbons (Fsp3) is 0.0909. The molecule has 0 unspecified atom stereocenters. The first-order valence-electron chi connectivity index (χ1n) is 9.61. The summed E-state index contributed by atoms with van der Waals surface area (Å²) >= 11 is 7.73. The van der Waals surface area contributed by atoms with Crippen LogP contribution in [0.4, 0.5) is 16.3 Å². The molecule has 162 valence electrons. The number of nitrogens with two attached hydrogens (primary N) is 1. The lowest BCUT2D eigenvalue weighted by atomic mass is 10.1. The molecule has 0 saturated heterocycles. The van der Waals surface area contributed by atoms with Crippen LogP contribution in [0.1, 0.15) is 11.1 Å². The molecule has 2 aromatic heterocycles. The van der Waals surface area contributed by atoms with E-state index < -0.39 is 11.9 Å². The van der Waals surface area contributed by atoms with Crippen LogP contribution in [0.5, 0.6) is 0 Å². The van der Waals surface area contributed by atoms with Gasteiger partial charge in [0.2, 0.25) is 5.91 Å². The predicted molar refractivity (Wildman–Crippen MR) is 126 cm³/mol. The third-order valence-corrected chi connectivity index (χ3v) is 5.87. The molecule has 0 saturated carbocycles. The van der Waals surface area contributed by atoms with Gasteiger partial charge < -0.3 is 11.1 Å². The average molecular weight is 467 g/mol. The number of carbonyl (C=O) groups is 2. The summed E-state index contributed by atoms with van der Waals surface area (Å²) < 4.78 is 1.58. The Kier molecular flexibility index (Phi) is 6.20. The molecule has 32 heavy (non-hydrogen) atoms. The Morgan fingerprint density at radius 1 is 1.16 bits per heavy atom. The van der Waals surface area contributed by atoms with Gasteiger partial charge in [0.25, 0.3) is 0 Å². The molecule has 0 radical (unpaired) electrons. The standard InChI is InChI=1S/C22H19ClN6O2S/c1-13-4-2-7-16(20(13)23)26-22(31)27-19-12-17(21-25-8-9-32-21)28-29(19)15-6-3-5-14(10-15)11-18(24)30/h2-10,12H,11H2,1H3,(H2,24,30)(H2,26,27,31). The Balaban J connectivity index is 1.67. The summed E-state index contributed by atoms with van der Waals surface area (Å²) in [7, 11) is 0. The molecule has 0 aliphatic rings. The van der Waals surface area contributed by atoms with Gasteiger partial charge in [0, 0.05) is 17.6 Å². The minimum Gasteiger partial charge on any atom is -0.369 e. The fourth-order valence-electron chi connectivity index (χ4n) is 3.13. The van der Waals surface area contributed by atoms with Crippen molar-refractivity contribution in [1.82, 2.24) is 14.8 Å². The Hall–Kier alpha value is -3.69. The summed E-state index contributed by atoms with van der Waals surface area (Å²) in [6.45, 7) is 1.86. The van der Waals surface area contributed by atoms with Gasteiger partial charge in [-0.3, -0.25) is 10.1 Å². The molecule has 4 rings (SSSR count). The van der Waals surface area contributed by atoms with Crippen LogP contribution in [-0.4, -0.2) is 26.7 Å². The zero-order valence-electron chi connectivity index (χ0n) is 17.0. The lowest BCUT2D eigenvalue weighted by molar-refractivity contribution is -0.117. The van der Waals surface area contributed by atoms with E-state index in [1.54, 1.807) is 41.2 Å². The van der Waals surface area contributed by atoms with Crippen molar-refractivity contribution in [3.8, 4) is 16.4 Å². The Labute approximate surface area is 193 Å². The number of hydrogen-bond donors (Lipinski definition) is 3. The molecule has 0 bridgehead atoms. The van der Waals surface area contributed by atoms with E-state index in [0.29, 0.717) is 32.9 Å². The highest BCUT2D eigenvalue weighted by atomic mass is 35.5. The van der Waals surface area contributed by atoms with Crippen molar-refractivity contribution in [3.63, 3.8) is 0 Å². The first-order chi connectivity index (χ1) is 15.4.